The number of hydrogen-bond acceptors (Lipinski definition) is 3. The van der Waals surface area contributed by atoms with E-state index in [0.717, 1.165) is 4.90 Å². The highest BCUT2D eigenvalue weighted by molar-refractivity contribution is 6.37. The molecule has 0 unspecified atom stereocenters. The Kier molecular flexibility index (Phi) is 3.82. The predicted octanol–water partition coefficient (Wildman–Crippen LogP) is 2.85. The zero-order valence-electron chi connectivity index (χ0n) is 11.2. The van der Waals surface area contributed by atoms with Gasteiger partial charge in [0.25, 0.3) is 0 Å². The third kappa shape index (κ3) is 2.50. The molecule has 3 rings (SSSR count). The molecule has 2 fully saturated rings. The number of ether oxygens (including phenoxy) is 1. The highest BCUT2D eigenvalue weighted by atomic mass is 35.5. The minimum Gasteiger partial charge on any atom is -0.381 e. The Labute approximate surface area is 132 Å². The van der Waals surface area contributed by atoms with Crippen molar-refractivity contribution in [2.45, 2.75) is 12.8 Å². The molecule has 0 bridgehead atoms. The van der Waals surface area contributed by atoms with Crippen molar-refractivity contribution in [2.24, 2.45) is 5.41 Å². The van der Waals surface area contributed by atoms with Gasteiger partial charge in [0.2, 0.25) is 5.91 Å². The molecule has 1 aromatic rings. The van der Waals surface area contributed by atoms with Crippen molar-refractivity contribution in [1.29, 1.82) is 0 Å². The Bertz CT molecular complexity index is 600. The van der Waals surface area contributed by atoms with E-state index in [1.54, 1.807) is 12.1 Å². The van der Waals surface area contributed by atoms with E-state index in [0.29, 0.717) is 48.3 Å². The van der Waals surface area contributed by atoms with E-state index in [1.807, 2.05) is 0 Å². The van der Waals surface area contributed by atoms with Crippen LogP contribution >= 0.6 is 23.2 Å². The van der Waals surface area contributed by atoms with E-state index in [1.165, 1.54) is 6.07 Å². The van der Waals surface area contributed by atoms with Gasteiger partial charge in [-0.3, -0.25) is 4.79 Å². The van der Waals surface area contributed by atoms with Gasteiger partial charge in [0.05, 0.1) is 16.1 Å². The van der Waals surface area contributed by atoms with Crippen LogP contribution in [0.3, 0.4) is 0 Å². The van der Waals surface area contributed by atoms with Crippen LogP contribution in [0.1, 0.15) is 12.8 Å². The normalized spacial score (nSPS) is 21.5. The summed E-state index contributed by atoms with van der Waals surface area (Å²) in [6, 6.07) is 4.25. The lowest BCUT2D eigenvalue weighted by molar-refractivity contribution is -0.133. The van der Waals surface area contributed by atoms with E-state index in [2.05, 4.69) is 5.32 Å². The van der Waals surface area contributed by atoms with Gasteiger partial charge in [-0.1, -0.05) is 23.2 Å². The third-order valence-corrected chi connectivity index (χ3v) is 4.59. The second kappa shape index (κ2) is 5.48. The van der Waals surface area contributed by atoms with E-state index < -0.39 is 11.4 Å². The minimum absolute atomic E-state index is 0.237. The summed E-state index contributed by atoms with van der Waals surface area (Å²) in [4.78, 5) is 26.1. The van der Waals surface area contributed by atoms with Crippen molar-refractivity contribution in [1.82, 2.24) is 5.32 Å². The van der Waals surface area contributed by atoms with E-state index in [-0.39, 0.29) is 5.91 Å². The van der Waals surface area contributed by atoms with Crippen LogP contribution in [-0.4, -0.2) is 31.7 Å². The van der Waals surface area contributed by atoms with Crippen LogP contribution in [0.5, 0.6) is 0 Å². The summed E-state index contributed by atoms with van der Waals surface area (Å²) in [5.41, 5.74) is -0.296. The van der Waals surface area contributed by atoms with Crippen LogP contribution in [-0.2, 0) is 9.53 Å². The quantitative estimate of drug-likeness (QED) is 0.862. The van der Waals surface area contributed by atoms with Crippen LogP contribution in [0.15, 0.2) is 18.2 Å². The van der Waals surface area contributed by atoms with Gasteiger partial charge in [-0.2, -0.15) is 0 Å². The molecule has 2 heterocycles. The van der Waals surface area contributed by atoms with Crippen molar-refractivity contribution < 1.29 is 14.3 Å². The van der Waals surface area contributed by atoms with Crippen LogP contribution in [0, 0.1) is 5.41 Å². The summed E-state index contributed by atoms with van der Waals surface area (Å²) >= 11 is 12.1. The number of urea groups is 1. The largest absolute Gasteiger partial charge is 0.381 e. The maximum Gasteiger partial charge on any atom is 0.328 e. The maximum atomic E-state index is 12.9. The number of hydrogen-bond donors (Lipinski definition) is 1. The predicted molar refractivity (Wildman–Crippen MR) is 79.8 cm³/mol. The lowest BCUT2D eigenvalue weighted by Crippen LogP contribution is -2.62. The monoisotopic (exact) mass is 328 g/mol. The molecular formula is C14H14Cl2N2O3. The molecule has 0 atom stereocenters. The standard InChI is InChI=1S/C14H14Cl2N2O3/c15-9-1-2-10(16)11(7-9)18-12(19)14(8-17-13(18)20)3-5-21-6-4-14/h1-2,7H,3-6,8H2,(H,17,20). The van der Waals surface area contributed by atoms with Crippen molar-refractivity contribution in [2.75, 3.05) is 24.7 Å². The average Bonchev–Trinajstić information content (AvgIpc) is 2.48. The number of imide groups is 1. The van der Waals surface area contributed by atoms with E-state index >= 15 is 0 Å². The van der Waals surface area contributed by atoms with Crippen LogP contribution in [0.2, 0.25) is 10.0 Å². The second-order valence-corrected chi connectivity index (χ2v) is 6.13. The first-order valence-electron chi connectivity index (χ1n) is 6.69. The SMILES string of the molecule is O=C1NCC2(CCOCC2)C(=O)N1c1cc(Cl)ccc1Cl. The fourth-order valence-electron chi connectivity index (χ4n) is 2.76. The smallest absolute Gasteiger partial charge is 0.328 e. The van der Waals surface area contributed by atoms with Crippen molar-refractivity contribution in [3.63, 3.8) is 0 Å². The minimum atomic E-state index is -0.613. The Morgan fingerprint density at radius 3 is 2.62 bits per heavy atom. The Balaban J connectivity index is 2.01. The Hall–Kier alpha value is -1.30. The number of anilines is 1. The topological polar surface area (TPSA) is 58.6 Å². The number of carbonyl (C=O) groups excluding carboxylic acids is 2. The molecule has 0 aromatic heterocycles. The number of halogens is 2. The lowest BCUT2D eigenvalue weighted by atomic mass is 9.77. The van der Waals surface area contributed by atoms with Crippen molar-refractivity contribution >= 4 is 40.8 Å². The molecule has 1 spiro atoms. The fraction of sp³-hybridized carbons (Fsp3) is 0.429. The Morgan fingerprint density at radius 2 is 1.90 bits per heavy atom. The summed E-state index contributed by atoms with van der Waals surface area (Å²) in [5, 5.41) is 3.51. The maximum absolute atomic E-state index is 12.9. The number of benzene rings is 1. The summed E-state index contributed by atoms with van der Waals surface area (Å²) in [7, 11) is 0. The van der Waals surface area contributed by atoms with Crippen molar-refractivity contribution in [3.05, 3.63) is 28.2 Å². The first-order chi connectivity index (χ1) is 10.0. The molecule has 5 nitrogen and oxygen atoms in total. The summed E-state index contributed by atoms with van der Waals surface area (Å²) in [5.74, 6) is -0.237. The molecule has 2 aliphatic rings. The molecule has 1 aromatic carbocycles. The average molecular weight is 329 g/mol. The number of nitrogens with one attached hydrogen (secondary N) is 1. The van der Waals surface area contributed by atoms with Gasteiger partial charge in [-0.05, 0) is 31.0 Å². The molecule has 2 aliphatic heterocycles. The highest BCUT2D eigenvalue weighted by Gasteiger charge is 2.48. The highest BCUT2D eigenvalue weighted by Crippen LogP contribution is 2.38. The van der Waals surface area contributed by atoms with Gasteiger partial charge in [0.1, 0.15) is 0 Å². The van der Waals surface area contributed by atoms with Gasteiger partial charge >= 0.3 is 6.03 Å². The molecule has 7 heteroatoms. The molecule has 0 aliphatic carbocycles. The lowest BCUT2D eigenvalue weighted by Gasteiger charge is -2.43. The van der Waals surface area contributed by atoms with Gasteiger partial charge in [-0.15, -0.1) is 0 Å². The number of nitrogens with zero attached hydrogens (tertiary/aromatic N) is 1. The van der Waals surface area contributed by atoms with Crippen molar-refractivity contribution in [3.8, 4) is 0 Å². The molecule has 112 valence electrons. The van der Waals surface area contributed by atoms with Gasteiger partial charge in [0.15, 0.2) is 0 Å². The summed E-state index contributed by atoms with van der Waals surface area (Å²) in [6.45, 7) is 1.36. The molecule has 2 saturated heterocycles. The Morgan fingerprint density at radius 1 is 1.19 bits per heavy atom. The second-order valence-electron chi connectivity index (χ2n) is 5.29. The number of amides is 3. The molecule has 1 N–H and O–H groups in total. The first kappa shape index (κ1) is 14.6. The molecule has 0 radical (unpaired) electrons. The van der Waals surface area contributed by atoms with Gasteiger partial charge in [0, 0.05) is 24.8 Å². The van der Waals surface area contributed by atoms with E-state index in [9.17, 15) is 9.59 Å². The van der Waals surface area contributed by atoms with Crippen LogP contribution < -0.4 is 10.2 Å². The number of carbonyl (C=O) groups is 2. The zero-order chi connectivity index (χ0) is 15.0. The number of rotatable bonds is 1. The van der Waals surface area contributed by atoms with E-state index in [4.69, 9.17) is 27.9 Å². The molecule has 3 amide bonds. The molecule has 0 saturated carbocycles. The first-order valence-corrected chi connectivity index (χ1v) is 7.44. The molecular weight excluding hydrogens is 315 g/mol. The fourth-order valence-corrected chi connectivity index (χ4v) is 3.13. The van der Waals surface area contributed by atoms with Gasteiger partial charge < -0.3 is 10.1 Å². The molecule has 21 heavy (non-hydrogen) atoms. The third-order valence-electron chi connectivity index (χ3n) is 4.04. The zero-order valence-corrected chi connectivity index (χ0v) is 12.7. The van der Waals surface area contributed by atoms with Gasteiger partial charge in [-0.25, -0.2) is 9.69 Å². The summed E-state index contributed by atoms with van der Waals surface area (Å²) < 4.78 is 5.33. The van der Waals surface area contributed by atoms with Crippen LogP contribution in [0.4, 0.5) is 10.5 Å². The summed E-state index contributed by atoms with van der Waals surface area (Å²) in [6.07, 6.45) is 1.17. The van der Waals surface area contributed by atoms with Crippen LogP contribution in [0.25, 0.3) is 0 Å².